The van der Waals surface area contributed by atoms with Gasteiger partial charge < -0.3 is 10.6 Å². The molecule has 0 atom stereocenters. The van der Waals surface area contributed by atoms with E-state index in [-0.39, 0.29) is 12.3 Å². The Kier molecular flexibility index (Phi) is 6.44. The van der Waals surface area contributed by atoms with Crippen LogP contribution in [-0.4, -0.2) is 18.4 Å². The van der Waals surface area contributed by atoms with Gasteiger partial charge in [-0.2, -0.15) is 0 Å². The Bertz CT molecular complexity index is 670. The number of rotatable bonds is 6. The van der Waals surface area contributed by atoms with Gasteiger partial charge in [0.15, 0.2) is 0 Å². The second-order valence-corrected chi connectivity index (χ2v) is 5.72. The summed E-state index contributed by atoms with van der Waals surface area (Å²) in [4.78, 5) is 23.6. The third kappa shape index (κ3) is 5.58. The summed E-state index contributed by atoms with van der Waals surface area (Å²) < 4.78 is 0. The van der Waals surface area contributed by atoms with E-state index in [1.54, 1.807) is 18.2 Å². The summed E-state index contributed by atoms with van der Waals surface area (Å²) in [6.07, 6.45) is 0.431. The van der Waals surface area contributed by atoms with Crippen molar-refractivity contribution in [1.29, 1.82) is 0 Å². The molecule has 23 heavy (non-hydrogen) atoms. The molecule has 120 valence electrons. The minimum absolute atomic E-state index is 0.281. The van der Waals surface area contributed by atoms with Gasteiger partial charge in [0.25, 0.3) is 0 Å². The first-order valence-electron chi connectivity index (χ1n) is 7.11. The van der Waals surface area contributed by atoms with Gasteiger partial charge in [-0.1, -0.05) is 59.6 Å². The van der Waals surface area contributed by atoms with E-state index in [0.717, 1.165) is 5.56 Å². The number of halogens is 2. The molecule has 0 radical (unpaired) electrons. The molecule has 2 rings (SSSR count). The normalized spacial score (nSPS) is 10.2. The van der Waals surface area contributed by atoms with Crippen molar-refractivity contribution < 1.29 is 9.59 Å². The Labute approximate surface area is 144 Å². The first-order chi connectivity index (χ1) is 11.1. The van der Waals surface area contributed by atoms with E-state index in [4.69, 9.17) is 23.2 Å². The predicted octanol–water partition coefficient (Wildman–Crippen LogP) is 3.68. The molecular weight excluding hydrogens is 335 g/mol. The average Bonchev–Trinajstić information content (AvgIpc) is 2.52. The van der Waals surface area contributed by atoms with E-state index in [1.165, 1.54) is 0 Å². The second-order valence-electron chi connectivity index (χ2n) is 4.91. The average molecular weight is 351 g/mol. The van der Waals surface area contributed by atoms with Crippen LogP contribution in [0.4, 0.5) is 5.69 Å². The van der Waals surface area contributed by atoms with Crippen molar-refractivity contribution in [3.8, 4) is 0 Å². The maximum Gasteiger partial charge on any atom is 0.233 e. The Hall–Kier alpha value is -2.04. The van der Waals surface area contributed by atoms with E-state index in [2.05, 4.69) is 10.6 Å². The number of carbonyl (C=O) groups is 2. The molecule has 2 N–H and O–H groups in total. The minimum atomic E-state index is -0.461. The molecule has 0 aliphatic rings. The molecule has 0 unspecified atom stereocenters. The SMILES string of the molecule is O=C(CC(=O)Nc1c(Cl)cccc1Cl)NCCc1ccccc1. The lowest BCUT2D eigenvalue weighted by molar-refractivity contribution is -0.126. The van der Waals surface area contributed by atoms with E-state index >= 15 is 0 Å². The Morgan fingerprint density at radius 2 is 1.52 bits per heavy atom. The number of hydrogen-bond acceptors (Lipinski definition) is 2. The highest BCUT2D eigenvalue weighted by Gasteiger charge is 2.13. The lowest BCUT2D eigenvalue weighted by Gasteiger charge is -2.09. The molecule has 2 aromatic carbocycles. The molecule has 0 saturated carbocycles. The van der Waals surface area contributed by atoms with Gasteiger partial charge in [0.2, 0.25) is 11.8 Å². The molecule has 2 amide bonds. The summed E-state index contributed by atoms with van der Waals surface area (Å²) in [6, 6.07) is 14.7. The number of nitrogens with one attached hydrogen (secondary N) is 2. The van der Waals surface area contributed by atoms with E-state index in [1.807, 2.05) is 30.3 Å². The fourth-order valence-electron chi connectivity index (χ4n) is 2.00. The van der Waals surface area contributed by atoms with E-state index < -0.39 is 5.91 Å². The molecule has 2 aromatic rings. The molecule has 0 bridgehead atoms. The van der Waals surface area contributed by atoms with Crippen molar-refractivity contribution in [1.82, 2.24) is 5.32 Å². The number of hydrogen-bond donors (Lipinski definition) is 2. The monoisotopic (exact) mass is 350 g/mol. The fourth-order valence-corrected chi connectivity index (χ4v) is 2.49. The van der Waals surface area contributed by atoms with E-state index in [9.17, 15) is 9.59 Å². The zero-order valence-corrected chi connectivity index (χ0v) is 13.8. The van der Waals surface area contributed by atoms with Gasteiger partial charge in [0, 0.05) is 6.54 Å². The first-order valence-corrected chi connectivity index (χ1v) is 7.86. The third-order valence-electron chi connectivity index (χ3n) is 3.13. The van der Waals surface area contributed by atoms with Crippen LogP contribution in [0.2, 0.25) is 10.0 Å². The largest absolute Gasteiger partial charge is 0.355 e. The van der Waals surface area contributed by atoms with Crippen LogP contribution in [0.3, 0.4) is 0 Å². The van der Waals surface area contributed by atoms with Crippen LogP contribution in [0.5, 0.6) is 0 Å². The number of para-hydroxylation sites is 1. The highest BCUT2D eigenvalue weighted by Crippen LogP contribution is 2.29. The number of benzene rings is 2. The van der Waals surface area contributed by atoms with Gasteiger partial charge in [-0.3, -0.25) is 9.59 Å². The zero-order chi connectivity index (χ0) is 16.7. The topological polar surface area (TPSA) is 58.2 Å². The van der Waals surface area contributed by atoms with Crippen molar-refractivity contribution in [2.75, 3.05) is 11.9 Å². The molecule has 0 aliphatic carbocycles. The predicted molar refractivity (Wildman–Crippen MR) is 92.9 cm³/mol. The van der Waals surface area contributed by atoms with Crippen molar-refractivity contribution in [2.24, 2.45) is 0 Å². The van der Waals surface area contributed by atoms with Crippen LogP contribution in [0, 0.1) is 0 Å². The van der Waals surface area contributed by atoms with Crippen molar-refractivity contribution in [2.45, 2.75) is 12.8 Å². The standard InChI is InChI=1S/C17H16Cl2N2O2/c18-13-7-4-8-14(19)17(13)21-16(23)11-15(22)20-10-9-12-5-2-1-3-6-12/h1-8H,9-11H2,(H,20,22)(H,21,23). The third-order valence-corrected chi connectivity index (χ3v) is 3.76. The van der Waals surface area contributed by atoms with Crippen LogP contribution < -0.4 is 10.6 Å². The van der Waals surface area contributed by atoms with Crippen LogP contribution in [0.1, 0.15) is 12.0 Å². The fraction of sp³-hybridized carbons (Fsp3) is 0.176. The molecule has 0 aliphatic heterocycles. The van der Waals surface area contributed by atoms with Gasteiger partial charge in [-0.15, -0.1) is 0 Å². The van der Waals surface area contributed by atoms with Gasteiger partial charge >= 0.3 is 0 Å². The Balaban J connectivity index is 1.78. The lowest BCUT2D eigenvalue weighted by atomic mass is 10.1. The van der Waals surface area contributed by atoms with Crippen LogP contribution in [0.25, 0.3) is 0 Å². The summed E-state index contributed by atoms with van der Waals surface area (Å²) >= 11 is 11.9. The molecular formula is C17H16Cl2N2O2. The van der Waals surface area contributed by atoms with Crippen molar-refractivity contribution in [3.63, 3.8) is 0 Å². The Morgan fingerprint density at radius 3 is 2.17 bits per heavy atom. The summed E-state index contributed by atoms with van der Waals surface area (Å²) in [5.74, 6) is -0.807. The number of carbonyl (C=O) groups excluding carboxylic acids is 2. The van der Waals surface area contributed by atoms with Crippen LogP contribution >= 0.6 is 23.2 Å². The molecule has 0 fully saturated rings. The minimum Gasteiger partial charge on any atom is -0.355 e. The molecule has 4 nitrogen and oxygen atoms in total. The maximum atomic E-state index is 11.9. The zero-order valence-electron chi connectivity index (χ0n) is 12.3. The lowest BCUT2D eigenvalue weighted by Crippen LogP contribution is -2.29. The van der Waals surface area contributed by atoms with Crippen LogP contribution in [0.15, 0.2) is 48.5 Å². The molecule has 6 heteroatoms. The van der Waals surface area contributed by atoms with Gasteiger partial charge in [-0.05, 0) is 24.1 Å². The molecule has 0 spiro atoms. The number of anilines is 1. The Morgan fingerprint density at radius 1 is 0.870 bits per heavy atom. The highest BCUT2D eigenvalue weighted by molar-refractivity contribution is 6.39. The summed E-state index contributed by atoms with van der Waals surface area (Å²) in [5.41, 5.74) is 1.44. The maximum absolute atomic E-state index is 11.9. The number of amides is 2. The van der Waals surface area contributed by atoms with Crippen LogP contribution in [-0.2, 0) is 16.0 Å². The summed E-state index contributed by atoms with van der Waals surface area (Å²) in [7, 11) is 0. The summed E-state index contributed by atoms with van der Waals surface area (Å²) in [6.45, 7) is 0.475. The second kappa shape index (κ2) is 8.56. The summed E-state index contributed by atoms with van der Waals surface area (Å²) in [5, 5.41) is 5.92. The van der Waals surface area contributed by atoms with E-state index in [0.29, 0.717) is 28.7 Å². The smallest absolute Gasteiger partial charge is 0.233 e. The first kappa shape index (κ1) is 17.3. The molecule has 0 heterocycles. The molecule has 0 aromatic heterocycles. The quantitative estimate of drug-likeness (QED) is 0.780. The van der Waals surface area contributed by atoms with Gasteiger partial charge in [0.05, 0.1) is 15.7 Å². The van der Waals surface area contributed by atoms with Crippen molar-refractivity contribution >= 4 is 40.7 Å². The highest BCUT2D eigenvalue weighted by atomic mass is 35.5. The van der Waals surface area contributed by atoms with Crippen molar-refractivity contribution in [3.05, 3.63) is 64.1 Å². The molecule has 0 saturated heterocycles. The van der Waals surface area contributed by atoms with Gasteiger partial charge in [0.1, 0.15) is 6.42 Å². The van der Waals surface area contributed by atoms with Gasteiger partial charge in [-0.25, -0.2) is 0 Å².